The average molecular weight is 261 g/mol. The van der Waals surface area contributed by atoms with E-state index in [-0.39, 0.29) is 24.0 Å². The minimum Gasteiger partial charge on any atom is -0.394 e. The summed E-state index contributed by atoms with van der Waals surface area (Å²) >= 11 is 0. The highest BCUT2D eigenvalue weighted by Gasteiger charge is 2.36. The van der Waals surface area contributed by atoms with Crippen LogP contribution in [-0.2, 0) is 11.2 Å². The van der Waals surface area contributed by atoms with Crippen LogP contribution in [0.25, 0.3) is 0 Å². The number of aliphatic hydroxyl groups is 1. The standard InChI is InChI=1S/C16H23NO2/c1-16(9-5-6-10-16)15(19)17-14(12-18)11-13-7-3-2-4-8-13/h2-4,7-8,14,18H,5-6,9-12H2,1H3,(H,17,19)/t14-/m1/s1. The maximum Gasteiger partial charge on any atom is 0.226 e. The molecule has 0 heterocycles. The smallest absolute Gasteiger partial charge is 0.226 e. The number of benzene rings is 1. The van der Waals surface area contributed by atoms with E-state index in [1.54, 1.807) is 0 Å². The first-order valence-corrected chi connectivity index (χ1v) is 7.10. The van der Waals surface area contributed by atoms with Gasteiger partial charge in [0.05, 0.1) is 12.6 Å². The Balaban J connectivity index is 1.94. The van der Waals surface area contributed by atoms with Crippen LogP contribution in [0.2, 0.25) is 0 Å². The molecule has 0 unspecified atom stereocenters. The zero-order valence-electron chi connectivity index (χ0n) is 11.6. The summed E-state index contributed by atoms with van der Waals surface area (Å²) in [6.07, 6.45) is 4.86. The average Bonchev–Trinajstić information content (AvgIpc) is 2.87. The number of aliphatic hydroxyl groups excluding tert-OH is 1. The molecule has 1 fully saturated rings. The van der Waals surface area contributed by atoms with Crippen LogP contribution < -0.4 is 5.32 Å². The molecule has 3 nitrogen and oxygen atoms in total. The molecular formula is C16H23NO2. The van der Waals surface area contributed by atoms with Crippen LogP contribution in [0.1, 0.15) is 38.2 Å². The topological polar surface area (TPSA) is 49.3 Å². The molecule has 1 aliphatic carbocycles. The summed E-state index contributed by atoms with van der Waals surface area (Å²) < 4.78 is 0. The lowest BCUT2D eigenvalue weighted by atomic mass is 9.87. The first-order valence-electron chi connectivity index (χ1n) is 7.10. The molecule has 0 spiro atoms. The quantitative estimate of drug-likeness (QED) is 0.854. The predicted octanol–water partition coefficient (Wildman–Crippen LogP) is 2.29. The van der Waals surface area contributed by atoms with Gasteiger partial charge in [0, 0.05) is 5.41 Å². The second kappa shape index (κ2) is 6.20. The zero-order chi connectivity index (χ0) is 13.7. The molecule has 1 aliphatic rings. The first-order chi connectivity index (χ1) is 9.14. The second-order valence-electron chi connectivity index (χ2n) is 5.81. The molecule has 2 N–H and O–H groups in total. The van der Waals surface area contributed by atoms with E-state index < -0.39 is 0 Å². The molecule has 0 bridgehead atoms. The molecule has 2 rings (SSSR count). The van der Waals surface area contributed by atoms with Crippen molar-refractivity contribution in [3.8, 4) is 0 Å². The summed E-state index contributed by atoms with van der Waals surface area (Å²) in [5.74, 6) is 0.0972. The molecule has 0 aromatic heterocycles. The number of amides is 1. The Labute approximate surface area is 115 Å². The maximum atomic E-state index is 12.3. The van der Waals surface area contributed by atoms with Gasteiger partial charge >= 0.3 is 0 Å². The van der Waals surface area contributed by atoms with E-state index in [1.807, 2.05) is 37.3 Å². The van der Waals surface area contributed by atoms with Crippen molar-refractivity contribution in [3.05, 3.63) is 35.9 Å². The summed E-state index contributed by atoms with van der Waals surface area (Å²) in [6, 6.07) is 9.77. The molecule has 0 saturated heterocycles. The van der Waals surface area contributed by atoms with Crippen LogP contribution in [0.5, 0.6) is 0 Å². The lowest BCUT2D eigenvalue weighted by Gasteiger charge is -2.26. The zero-order valence-corrected chi connectivity index (χ0v) is 11.6. The van der Waals surface area contributed by atoms with Gasteiger partial charge in [0.15, 0.2) is 0 Å². The maximum absolute atomic E-state index is 12.3. The fraction of sp³-hybridized carbons (Fsp3) is 0.562. The lowest BCUT2D eigenvalue weighted by Crippen LogP contribution is -2.45. The van der Waals surface area contributed by atoms with Gasteiger partial charge in [-0.3, -0.25) is 4.79 Å². The number of nitrogens with one attached hydrogen (secondary N) is 1. The number of rotatable bonds is 5. The molecule has 19 heavy (non-hydrogen) atoms. The van der Waals surface area contributed by atoms with Gasteiger partial charge in [0.25, 0.3) is 0 Å². The molecule has 1 saturated carbocycles. The highest BCUT2D eigenvalue weighted by atomic mass is 16.3. The third kappa shape index (κ3) is 3.57. The summed E-state index contributed by atoms with van der Waals surface area (Å²) in [5, 5.41) is 12.5. The second-order valence-corrected chi connectivity index (χ2v) is 5.81. The van der Waals surface area contributed by atoms with Gasteiger partial charge in [-0.2, -0.15) is 0 Å². The molecule has 1 amide bonds. The Kier molecular flexibility index (Phi) is 4.59. The van der Waals surface area contributed by atoms with Gasteiger partial charge in [-0.25, -0.2) is 0 Å². The van der Waals surface area contributed by atoms with Crippen molar-refractivity contribution in [1.82, 2.24) is 5.32 Å². The number of hydrogen-bond donors (Lipinski definition) is 2. The molecule has 104 valence electrons. The summed E-state index contributed by atoms with van der Waals surface area (Å²) in [7, 11) is 0. The van der Waals surface area contributed by atoms with Crippen molar-refractivity contribution in [2.45, 2.75) is 45.1 Å². The van der Waals surface area contributed by atoms with Crippen molar-refractivity contribution in [3.63, 3.8) is 0 Å². The third-order valence-corrected chi connectivity index (χ3v) is 4.14. The number of carbonyl (C=O) groups is 1. The van der Waals surface area contributed by atoms with E-state index in [0.29, 0.717) is 6.42 Å². The fourth-order valence-electron chi connectivity index (χ4n) is 2.80. The Morgan fingerprint density at radius 3 is 2.53 bits per heavy atom. The minimum atomic E-state index is -0.232. The van der Waals surface area contributed by atoms with Gasteiger partial charge in [-0.1, -0.05) is 50.1 Å². The SMILES string of the molecule is CC1(C(=O)N[C@@H](CO)Cc2ccccc2)CCCC1. The molecule has 1 aromatic rings. The van der Waals surface area contributed by atoms with Crippen molar-refractivity contribution in [2.75, 3.05) is 6.61 Å². The van der Waals surface area contributed by atoms with Crippen LogP contribution in [0.4, 0.5) is 0 Å². The van der Waals surface area contributed by atoms with Crippen molar-refractivity contribution in [1.29, 1.82) is 0 Å². The van der Waals surface area contributed by atoms with Crippen molar-refractivity contribution >= 4 is 5.91 Å². The lowest BCUT2D eigenvalue weighted by molar-refractivity contribution is -0.131. The van der Waals surface area contributed by atoms with E-state index in [0.717, 1.165) is 31.2 Å². The van der Waals surface area contributed by atoms with Gasteiger partial charge in [-0.05, 0) is 24.8 Å². The largest absolute Gasteiger partial charge is 0.394 e. The molecular weight excluding hydrogens is 238 g/mol. The van der Waals surface area contributed by atoms with Crippen LogP contribution >= 0.6 is 0 Å². The number of carbonyl (C=O) groups excluding carboxylic acids is 1. The van der Waals surface area contributed by atoms with Crippen LogP contribution in [0, 0.1) is 5.41 Å². The number of hydrogen-bond acceptors (Lipinski definition) is 2. The summed E-state index contributed by atoms with van der Waals surface area (Å²) in [6.45, 7) is 2.02. The Hall–Kier alpha value is -1.35. The Morgan fingerprint density at radius 2 is 1.95 bits per heavy atom. The third-order valence-electron chi connectivity index (χ3n) is 4.14. The molecule has 0 aliphatic heterocycles. The molecule has 1 atom stereocenters. The highest BCUT2D eigenvalue weighted by Crippen LogP contribution is 2.37. The van der Waals surface area contributed by atoms with Crippen LogP contribution in [0.3, 0.4) is 0 Å². The van der Waals surface area contributed by atoms with Crippen LogP contribution in [-0.4, -0.2) is 23.7 Å². The Bertz CT molecular complexity index is 410. The molecule has 0 radical (unpaired) electrons. The minimum absolute atomic E-state index is 0.0171. The van der Waals surface area contributed by atoms with Gasteiger partial charge < -0.3 is 10.4 Å². The normalized spacial score (nSPS) is 19.1. The van der Waals surface area contributed by atoms with E-state index in [1.165, 1.54) is 0 Å². The first kappa shape index (κ1) is 14.1. The van der Waals surface area contributed by atoms with Crippen LogP contribution in [0.15, 0.2) is 30.3 Å². The van der Waals surface area contributed by atoms with Crippen molar-refractivity contribution in [2.24, 2.45) is 5.41 Å². The van der Waals surface area contributed by atoms with Gasteiger partial charge in [0.2, 0.25) is 5.91 Å². The van der Waals surface area contributed by atoms with Gasteiger partial charge in [0.1, 0.15) is 0 Å². The van der Waals surface area contributed by atoms with E-state index in [2.05, 4.69) is 5.32 Å². The fourth-order valence-corrected chi connectivity index (χ4v) is 2.80. The molecule has 1 aromatic carbocycles. The van der Waals surface area contributed by atoms with E-state index >= 15 is 0 Å². The predicted molar refractivity (Wildman–Crippen MR) is 75.7 cm³/mol. The summed E-state index contributed by atoms with van der Waals surface area (Å²) in [5.41, 5.74) is 0.905. The molecule has 3 heteroatoms. The Morgan fingerprint density at radius 1 is 1.32 bits per heavy atom. The van der Waals surface area contributed by atoms with Crippen molar-refractivity contribution < 1.29 is 9.90 Å². The van der Waals surface area contributed by atoms with E-state index in [9.17, 15) is 9.90 Å². The highest BCUT2D eigenvalue weighted by molar-refractivity contribution is 5.82. The summed E-state index contributed by atoms with van der Waals surface area (Å²) in [4.78, 5) is 12.3. The van der Waals surface area contributed by atoms with Gasteiger partial charge in [-0.15, -0.1) is 0 Å². The van der Waals surface area contributed by atoms with E-state index in [4.69, 9.17) is 0 Å². The monoisotopic (exact) mass is 261 g/mol.